The van der Waals surface area contributed by atoms with E-state index in [1.54, 1.807) is 24.4 Å². The van der Waals surface area contributed by atoms with E-state index in [1.807, 2.05) is 30.3 Å². The van der Waals surface area contributed by atoms with Crippen LogP contribution in [0.25, 0.3) is 10.9 Å². The van der Waals surface area contributed by atoms with Gasteiger partial charge in [-0.05, 0) is 30.2 Å². The number of halogens is 1. The van der Waals surface area contributed by atoms with Gasteiger partial charge in [0.25, 0.3) is 0 Å². The molecule has 0 saturated carbocycles. The summed E-state index contributed by atoms with van der Waals surface area (Å²) < 4.78 is 14.4. The minimum atomic E-state index is -0.337. The van der Waals surface area contributed by atoms with Crippen molar-refractivity contribution < 1.29 is 9.18 Å². The lowest BCUT2D eigenvalue weighted by molar-refractivity contribution is -0.127. The van der Waals surface area contributed by atoms with Gasteiger partial charge in [0, 0.05) is 36.5 Å². The number of carbonyl (C=O) groups is 1. The number of hydrazone groups is 1. The van der Waals surface area contributed by atoms with E-state index in [1.165, 1.54) is 11.1 Å². The van der Waals surface area contributed by atoms with Crippen LogP contribution >= 0.6 is 0 Å². The van der Waals surface area contributed by atoms with Crippen molar-refractivity contribution in [2.24, 2.45) is 5.10 Å². The van der Waals surface area contributed by atoms with Gasteiger partial charge in [0.05, 0.1) is 11.2 Å². The lowest BCUT2D eigenvalue weighted by Gasteiger charge is -2.15. The highest BCUT2D eigenvalue weighted by Gasteiger charge is 2.22. The zero-order chi connectivity index (χ0) is 17.9. The summed E-state index contributed by atoms with van der Waals surface area (Å²) in [5.74, 6) is -0.352. The minimum absolute atomic E-state index is 0.0153. The van der Waals surface area contributed by atoms with E-state index < -0.39 is 0 Å². The molecule has 0 aliphatic carbocycles. The maximum Gasteiger partial charge on any atom is 0.242 e. The molecule has 1 aromatic heterocycles. The fourth-order valence-corrected chi connectivity index (χ4v) is 3.25. The topological polar surface area (TPSA) is 45.6 Å². The van der Waals surface area contributed by atoms with Gasteiger partial charge in [-0.3, -0.25) is 9.78 Å². The second-order valence-electron chi connectivity index (χ2n) is 6.31. The third kappa shape index (κ3) is 3.20. The highest BCUT2D eigenvalue weighted by atomic mass is 19.1. The Bertz CT molecular complexity index is 994. The van der Waals surface area contributed by atoms with Crippen LogP contribution in [0.3, 0.4) is 0 Å². The summed E-state index contributed by atoms with van der Waals surface area (Å²) in [6.07, 6.45) is 3.45. The second kappa shape index (κ2) is 7.04. The smallest absolute Gasteiger partial charge is 0.242 e. The quantitative estimate of drug-likeness (QED) is 0.671. The predicted octanol–water partition coefficient (Wildman–Crippen LogP) is 3.94. The first-order valence-corrected chi connectivity index (χ1v) is 8.68. The van der Waals surface area contributed by atoms with E-state index in [-0.39, 0.29) is 11.7 Å². The number of nitrogens with zero attached hydrogens (tertiary/aromatic N) is 3. The average Bonchev–Trinajstić information content (AvgIpc) is 3.07. The molecular formula is C21H18FN3O. The van der Waals surface area contributed by atoms with Crippen LogP contribution in [0, 0.1) is 5.82 Å². The lowest BCUT2D eigenvalue weighted by atomic mass is 9.99. The molecule has 130 valence electrons. The van der Waals surface area contributed by atoms with Gasteiger partial charge in [0.15, 0.2) is 0 Å². The SMILES string of the molecule is O=C1CCCN1/N=C(\Cc1ccnc2ccccc12)c1ccccc1F. The van der Waals surface area contributed by atoms with E-state index in [0.29, 0.717) is 30.7 Å². The maximum atomic E-state index is 14.4. The molecule has 1 aliphatic heterocycles. The van der Waals surface area contributed by atoms with Gasteiger partial charge in [-0.15, -0.1) is 0 Å². The van der Waals surface area contributed by atoms with Crippen LogP contribution in [0.2, 0.25) is 0 Å². The molecule has 5 heteroatoms. The number of aromatic nitrogens is 1. The number of rotatable bonds is 4. The van der Waals surface area contributed by atoms with Gasteiger partial charge in [-0.25, -0.2) is 9.40 Å². The third-order valence-electron chi connectivity index (χ3n) is 4.57. The van der Waals surface area contributed by atoms with Crippen molar-refractivity contribution in [2.75, 3.05) is 6.54 Å². The van der Waals surface area contributed by atoms with Crippen molar-refractivity contribution in [3.05, 3.63) is 77.7 Å². The zero-order valence-corrected chi connectivity index (χ0v) is 14.2. The molecule has 0 radical (unpaired) electrons. The largest absolute Gasteiger partial charge is 0.273 e. The number of amides is 1. The van der Waals surface area contributed by atoms with Gasteiger partial charge in [-0.1, -0.05) is 36.4 Å². The summed E-state index contributed by atoms with van der Waals surface area (Å²) >= 11 is 0. The van der Waals surface area contributed by atoms with Crippen molar-refractivity contribution in [3.63, 3.8) is 0 Å². The van der Waals surface area contributed by atoms with Gasteiger partial charge in [0.1, 0.15) is 5.82 Å². The van der Waals surface area contributed by atoms with Crippen molar-refractivity contribution >= 4 is 22.5 Å². The number of hydrogen-bond donors (Lipinski definition) is 0. The predicted molar refractivity (Wildman–Crippen MR) is 99.3 cm³/mol. The molecule has 1 aliphatic rings. The molecule has 0 unspecified atom stereocenters. The Balaban J connectivity index is 1.79. The number of benzene rings is 2. The number of hydrogen-bond acceptors (Lipinski definition) is 3. The molecule has 2 heterocycles. The Hall–Kier alpha value is -3.08. The zero-order valence-electron chi connectivity index (χ0n) is 14.2. The normalized spacial score (nSPS) is 15.0. The summed E-state index contributed by atoms with van der Waals surface area (Å²) in [6, 6.07) is 16.3. The first-order valence-electron chi connectivity index (χ1n) is 8.68. The van der Waals surface area contributed by atoms with Crippen LogP contribution in [0.4, 0.5) is 4.39 Å². The maximum absolute atomic E-state index is 14.4. The van der Waals surface area contributed by atoms with Crippen molar-refractivity contribution in [3.8, 4) is 0 Å². The Labute approximate surface area is 151 Å². The summed E-state index contributed by atoms with van der Waals surface area (Å²) in [6.45, 7) is 0.577. The van der Waals surface area contributed by atoms with Crippen LogP contribution in [0.15, 0.2) is 65.9 Å². The molecule has 0 spiro atoms. The highest BCUT2D eigenvalue weighted by molar-refractivity contribution is 6.04. The van der Waals surface area contributed by atoms with Crippen LogP contribution in [0.1, 0.15) is 24.0 Å². The monoisotopic (exact) mass is 347 g/mol. The number of para-hydroxylation sites is 1. The summed E-state index contributed by atoms with van der Waals surface area (Å²) in [4.78, 5) is 16.4. The Morgan fingerprint density at radius 2 is 1.92 bits per heavy atom. The Morgan fingerprint density at radius 1 is 1.12 bits per heavy atom. The van der Waals surface area contributed by atoms with E-state index in [9.17, 15) is 9.18 Å². The van der Waals surface area contributed by atoms with Gasteiger partial charge < -0.3 is 0 Å². The van der Waals surface area contributed by atoms with Crippen LogP contribution < -0.4 is 0 Å². The van der Waals surface area contributed by atoms with Crippen molar-refractivity contribution in [1.82, 2.24) is 9.99 Å². The lowest BCUT2D eigenvalue weighted by Crippen LogP contribution is -2.22. The van der Waals surface area contributed by atoms with Gasteiger partial charge >= 0.3 is 0 Å². The Kier molecular flexibility index (Phi) is 4.44. The van der Waals surface area contributed by atoms with Gasteiger partial charge in [0.2, 0.25) is 5.91 Å². The van der Waals surface area contributed by atoms with E-state index in [4.69, 9.17) is 0 Å². The molecule has 4 rings (SSSR count). The molecule has 2 aromatic carbocycles. The van der Waals surface area contributed by atoms with Crippen LogP contribution in [-0.2, 0) is 11.2 Å². The van der Waals surface area contributed by atoms with E-state index in [0.717, 1.165) is 22.9 Å². The number of carbonyl (C=O) groups excluding carboxylic acids is 1. The standard InChI is InChI=1S/C21H18FN3O/c22-18-8-3-1-7-17(18)20(24-25-13-5-10-21(25)26)14-15-11-12-23-19-9-4-2-6-16(15)19/h1-4,6-9,11-12H,5,10,13-14H2/b24-20+. The fourth-order valence-electron chi connectivity index (χ4n) is 3.25. The molecule has 3 aromatic rings. The molecule has 1 amide bonds. The molecule has 26 heavy (non-hydrogen) atoms. The first-order chi connectivity index (χ1) is 12.7. The fraction of sp³-hybridized carbons (Fsp3) is 0.190. The molecule has 4 nitrogen and oxygen atoms in total. The summed E-state index contributed by atoms with van der Waals surface area (Å²) in [7, 11) is 0. The third-order valence-corrected chi connectivity index (χ3v) is 4.57. The summed E-state index contributed by atoms with van der Waals surface area (Å²) in [5, 5.41) is 7.00. The second-order valence-corrected chi connectivity index (χ2v) is 6.31. The molecule has 0 atom stereocenters. The van der Waals surface area contributed by atoms with Crippen LogP contribution in [0.5, 0.6) is 0 Å². The molecular weight excluding hydrogens is 329 g/mol. The van der Waals surface area contributed by atoms with Gasteiger partial charge in [-0.2, -0.15) is 5.10 Å². The average molecular weight is 347 g/mol. The van der Waals surface area contributed by atoms with Crippen molar-refractivity contribution in [2.45, 2.75) is 19.3 Å². The van der Waals surface area contributed by atoms with E-state index in [2.05, 4.69) is 10.1 Å². The Morgan fingerprint density at radius 3 is 2.73 bits per heavy atom. The highest BCUT2D eigenvalue weighted by Crippen LogP contribution is 2.21. The van der Waals surface area contributed by atoms with E-state index >= 15 is 0 Å². The number of pyridine rings is 1. The molecule has 1 fully saturated rings. The molecule has 1 saturated heterocycles. The number of fused-ring (bicyclic) bond motifs is 1. The molecule has 0 N–H and O–H groups in total. The summed E-state index contributed by atoms with van der Waals surface area (Å²) in [5.41, 5.74) is 2.86. The first kappa shape index (κ1) is 16.4. The van der Waals surface area contributed by atoms with Crippen LogP contribution in [-0.4, -0.2) is 28.2 Å². The minimum Gasteiger partial charge on any atom is -0.273 e. The molecule has 0 bridgehead atoms. The van der Waals surface area contributed by atoms with Crippen molar-refractivity contribution in [1.29, 1.82) is 0 Å².